The monoisotopic (exact) mass is 353 g/mol. The van der Waals surface area contributed by atoms with E-state index < -0.39 is 11.8 Å². The predicted molar refractivity (Wildman–Crippen MR) is 99.1 cm³/mol. The highest BCUT2D eigenvalue weighted by molar-refractivity contribution is 5.85. The first-order valence-corrected chi connectivity index (χ1v) is 8.51. The molecular formula is C21H23NO4. The van der Waals surface area contributed by atoms with Crippen LogP contribution in [0.5, 0.6) is 5.75 Å². The maximum absolute atomic E-state index is 12.6. The van der Waals surface area contributed by atoms with Crippen molar-refractivity contribution in [2.75, 3.05) is 7.11 Å². The Morgan fingerprint density at radius 3 is 2.54 bits per heavy atom. The second-order valence-corrected chi connectivity index (χ2v) is 6.51. The van der Waals surface area contributed by atoms with Gasteiger partial charge in [0.2, 0.25) is 0 Å². The molecule has 3 rings (SSSR count). The Balaban J connectivity index is 1.77. The van der Waals surface area contributed by atoms with E-state index in [2.05, 4.69) is 0 Å². The molecule has 0 N–H and O–H groups in total. The van der Waals surface area contributed by atoms with Gasteiger partial charge in [0.05, 0.1) is 7.11 Å². The zero-order valence-electron chi connectivity index (χ0n) is 15.2. The molecule has 1 heterocycles. The molecule has 1 aliphatic heterocycles. The molecule has 5 nitrogen and oxygen atoms in total. The quantitative estimate of drug-likeness (QED) is 0.792. The van der Waals surface area contributed by atoms with E-state index in [-0.39, 0.29) is 5.91 Å². The molecule has 2 aromatic rings. The van der Waals surface area contributed by atoms with Crippen LogP contribution >= 0.6 is 0 Å². The SMILES string of the molecule is COc1ccccc1C=CC1OC(C)(C)C(=O)N1OCc1ccccc1. The van der Waals surface area contributed by atoms with Gasteiger partial charge >= 0.3 is 0 Å². The Morgan fingerprint density at radius 2 is 1.81 bits per heavy atom. The molecule has 136 valence electrons. The lowest BCUT2D eigenvalue weighted by atomic mass is 10.1. The predicted octanol–water partition coefficient (Wildman–Crippen LogP) is 3.80. The lowest BCUT2D eigenvalue weighted by Gasteiger charge is -2.19. The first-order chi connectivity index (χ1) is 12.5. The van der Waals surface area contributed by atoms with Crippen molar-refractivity contribution in [3.8, 4) is 5.75 Å². The number of benzene rings is 2. The molecule has 0 aliphatic carbocycles. The molecule has 1 unspecified atom stereocenters. The molecule has 0 bridgehead atoms. The van der Waals surface area contributed by atoms with Gasteiger partial charge in [0, 0.05) is 5.56 Å². The van der Waals surface area contributed by atoms with Crippen LogP contribution in [0.4, 0.5) is 0 Å². The van der Waals surface area contributed by atoms with E-state index >= 15 is 0 Å². The number of amides is 1. The number of hydroxylamine groups is 2. The number of nitrogens with zero attached hydrogens (tertiary/aromatic N) is 1. The van der Waals surface area contributed by atoms with Gasteiger partial charge in [-0.25, -0.2) is 0 Å². The highest BCUT2D eigenvalue weighted by atomic mass is 16.7. The fourth-order valence-electron chi connectivity index (χ4n) is 2.74. The summed E-state index contributed by atoms with van der Waals surface area (Å²) >= 11 is 0. The van der Waals surface area contributed by atoms with Gasteiger partial charge in [0.15, 0.2) is 6.23 Å². The normalized spacial score (nSPS) is 19.3. The van der Waals surface area contributed by atoms with E-state index in [4.69, 9.17) is 14.3 Å². The summed E-state index contributed by atoms with van der Waals surface area (Å²) in [6.07, 6.45) is 3.07. The summed E-state index contributed by atoms with van der Waals surface area (Å²) < 4.78 is 11.2. The molecule has 0 aromatic heterocycles. The fourth-order valence-corrected chi connectivity index (χ4v) is 2.74. The van der Waals surface area contributed by atoms with E-state index in [0.717, 1.165) is 16.9 Å². The van der Waals surface area contributed by atoms with Crippen LogP contribution in [0, 0.1) is 0 Å². The Hall–Kier alpha value is -2.63. The van der Waals surface area contributed by atoms with Crippen LogP contribution in [0.1, 0.15) is 25.0 Å². The summed E-state index contributed by atoms with van der Waals surface area (Å²) in [6, 6.07) is 17.4. The van der Waals surface area contributed by atoms with Crippen LogP contribution in [-0.2, 0) is 21.0 Å². The van der Waals surface area contributed by atoms with E-state index in [1.165, 1.54) is 5.06 Å². The van der Waals surface area contributed by atoms with Gasteiger partial charge in [-0.3, -0.25) is 9.63 Å². The number of carbonyl (C=O) groups excluding carboxylic acids is 1. The Kier molecular flexibility index (Phi) is 5.40. The van der Waals surface area contributed by atoms with E-state index in [9.17, 15) is 4.79 Å². The smallest absolute Gasteiger partial charge is 0.280 e. The van der Waals surface area contributed by atoms with Gasteiger partial charge in [0.1, 0.15) is 18.0 Å². The Labute approximate surface area is 153 Å². The molecule has 1 atom stereocenters. The lowest BCUT2D eigenvalue weighted by molar-refractivity contribution is -0.204. The number of para-hydroxylation sites is 1. The number of methoxy groups -OCH3 is 1. The van der Waals surface area contributed by atoms with Crippen LogP contribution < -0.4 is 4.74 Å². The number of hydrogen-bond donors (Lipinski definition) is 0. The summed E-state index contributed by atoms with van der Waals surface area (Å²) in [7, 11) is 1.63. The summed E-state index contributed by atoms with van der Waals surface area (Å²) in [5.41, 5.74) is 0.947. The van der Waals surface area contributed by atoms with Crippen LogP contribution in [0.2, 0.25) is 0 Å². The van der Waals surface area contributed by atoms with Gasteiger partial charge in [-0.1, -0.05) is 54.6 Å². The van der Waals surface area contributed by atoms with Gasteiger partial charge in [-0.05, 0) is 31.6 Å². The van der Waals surface area contributed by atoms with Gasteiger partial charge < -0.3 is 9.47 Å². The van der Waals surface area contributed by atoms with Crippen molar-refractivity contribution in [1.82, 2.24) is 5.06 Å². The number of carbonyl (C=O) groups is 1. The summed E-state index contributed by atoms with van der Waals surface area (Å²) in [5, 5.41) is 1.30. The second kappa shape index (κ2) is 7.72. The second-order valence-electron chi connectivity index (χ2n) is 6.51. The van der Waals surface area contributed by atoms with E-state index in [0.29, 0.717) is 6.61 Å². The minimum absolute atomic E-state index is 0.205. The molecule has 1 aliphatic rings. The maximum Gasteiger partial charge on any atom is 0.280 e. The molecule has 0 saturated carbocycles. The van der Waals surface area contributed by atoms with Crippen molar-refractivity contribution in [2.24, 2.45) is 0 Å². The molecule has 2 aromatic carbocycles. The molecule has 0 spiro atoms. The molecule has 0 radical (unpaired) electrons. The standard InChI is InChI=1S/C21H23NO4/c1-21(2)20(23)22(25-15-16-9-5-4-6-10-16)19(26-21)14-13-17-11-7-8-12-18(17)24-3/h4-14,19H,15H2,1-3H3. The molecular weight excluding hydrogens is 330 g/mol. The van der Waals surface area contributed by atoms with Crippen molar-refractivity contribution >= 4 is 12.0 Å². The van der Waals surface area contributed by atoms with Gasteiger partial charge in [-0.15, -0.1) is 0 Å². The van der Waals surface area contributed by atoms with Crippen LogP contribution in [0.15, 0.2) is 60.7 Å². The highest BCUT2D eigenvalue weighted by Crippen LogP contribution is 2.29. The van der Waals surface area contributed by atoms with Gasteiger partial charge in [0.25, 0.3) is 5.91 Å². The Bertz CT molecular complexity index is 786. The van der Waals surface area contributed by atoms with E-state index in [1.54, 1.807) is 27.0 Å². The van der Waals surface area contributed by atoms with Crippen LogP contribution in [-0.4, -0.2) is 29.9 Å². The van der Waals surface area contributed by atoms with Crippen LogP contribution in [0.3, 0.4) is 0 Å². The number of ether oxygens (including phenoxy) is 2. The zero-order chi connectivity index (χ0) is 18.6. The van der Waals surface area contributed by atoms with Crippen LogP contribution in [0.25, 0.3) is 6.08 Å². The zero-order valence-corrected chi connectivity index (χ0v) is 15.2. The third-order valence-corrected chi connectivity index (χ3v) is 4.15. The third kappa shape index (κ3) is 3.95. The van der Waals surface area contributed by atoms with Crippen molar-refractivity contribution in [3.05, 3.63) is 71.8 Å². The average molecular weight is 353 g/mol. The first kappa shape index (κ1) is 18.2. The van der Waals surface area contributed by atoms with Gasteiger partial charge in [-0.2, -0.15) is 5.06 Å². The summed E-state index contributed by atoms with van der Waals surface area (Å²) in [5.74, 6) is 0.548. The first-order valence-electron chi connectivity index (χ1n) is 8.51. The molecule has 26 heavy (non-hydrogen) atoms. The number of hydrogen-bond acceptors (Lipinski definition) is 4. The average Bonchev–Trinajstić information content (AvgIpc) is 2.88. The largest absolute Gasteiger partial charge is 0.496 e. The minimum Gasteiger partial charge on any atom is -0.496 e. The molecule has 1 fully saturated rings. The van der Waals surface area contributed by atoms with E-state index in [1.807, 2.05) is 60.7 Å². The summed E-state index contributed by atoms with van der Waals surface area (Å²) in [4.78, 5) is 18.4. The molecule has 1 saturated heterocycles. The van der Waals surface area contributed by atoms with Crippen molar-refractivity contribution in [2.45, 2.75) is 32.3 Å². The van der Waals surface area contributed by atoms with Crippen molar-refractivity contribution in [3.63, 3.8) is 0 Å². The van der Waals surface area contributed by atoms with Crippen molar-refractivity contribution in [1.29, 1.82) is 0 Å². The lowest BCUT2D eigenvalue weighted by Crippen LogP contribution is -2.37. The molecule has 1 amide bonds. The maximum atomic E-state index is 12.6. The summed E-state index contributed by atoms with van der Waals surface area (Å²) in [6.45, 7) is 3.78. The highest BCUT2D eigenvalue weighted by Gasteiger charge is 2.46. The topological polar surface area (TPSA) is 48.0 Å². The minimum atomic E-state index is -0.938. The fraction of sp³-hybridized carbons (Fsp3) is 0.286. The molecule has 5 heteroatoms. The Morgan fingerprint density at radius 1 is 1.12 bits per heavy atom. The van der Waals surface area contributed by atoms with Crippen molar-refractivity contribution < 1.29 is 19.1 Å². The third-order valence-electron chi connectivity index (χ3n) is 4.15. The number of rotatable bonds is 6.